The lowest BCUT2D eigenvalue weighted by molar-refractivity contribution is -0.115. The monoisotopic (exact) mass is 357 g/mol. The van der Waals surface area contributed by atoms with Gasteiger partial charge in [-0.1, -0.05) is 48.5 Å². The average Bonchev–Trinajstić information content (AvgIpc) is 2.83. The predicted molar refractivity (Wildman–Crippen MR) is 108 cm³/mol. The Morgan fingerprint density at radius 2 is 1.63 bits per heavy atom. The summed E-state index contributed by atoms with van der Waals surface area (Å²) in [5.74, 6) is -0.0680. The number of hydrogen-bond donors (Lipinski definition) is 2. The molecule has 0 saturated carbocycles. The van der Waals surface area contributed by atoms with Gasteiger partial charge in [-0.2, -0.15) is 0 Å². The summed E-state index contributed by atoms with van der Waals surface area (Å²) in [6.45, 7) is 2.20. The Morgan fingerprint density at radius 3 is 2.26 bits per heavy atom. The molecule has 3 aromatic rings. The van der Waals surface area contributed by atoms with E-state index in [9.17, 15) is 4.79 Å². The minimum Gasteiger partial charge on any atom is -0.324 e. The third-order valence-corrected chi connectivity index (χ3v) is 5.02. The smallest absolute Gasteiger partial charge is 0.238 e. The zero-order chi connectivity index (χ0) is 18.6. The third kappa shape index (κ3) is 3.91. The van der Waals surface area contributed by atoms with E-state index < -0.39 is 0 Å². The molecule has 2 aromatic carbocycles. The minimum absolute atomic E-state index is 0.0151. The lowest BCUT2D eigenvalue weighted by atomic mass is 9.94. The van der Waals surface area contributed by atoms with Gasteiger partial charge < -0.3 is 5.32 Å². The molecule has 0 spiro atoms. The number of carbonyl (C=O) groups excluding carboxylic acids is 1. The van der Waals surface area contributed by atoms with E-state index in [0.29, 0.717) is 0 Å². The molecule has 1 aliphatic rings. The first-order valence-electron chi connectivity index (χ1n) is 9.31. The number of rotatable bonds is 4. The number of pyridine rings is 1. The van der Waals surface area contributed by atoms with Crippen molar-refractivity contribution in [1.29, 1.82) is 0 Å². The average molecular weight is 357 g/mol. The minimum atomic E-state index is -0.0680. The van der Waals surface area contributed by atoms with Crippen molar-refractivity contribution in [3.8, 4) is 0 Å². The van der Waals surface area contributed by atoms with E-state index in [2.05, 4.69) is 64.1 Å². The summed E-state index contributed by atoms with van der Waals surface area (Å²) in [7, 11) is 0. The van der Waals surface area contributed by atoms with Gasteiger partial charge in [0.25, 0.3) is 0 Å². The number of nitrogens with one attached hydrogen (secondary N) is 2. The molecule has 136 valence electrons. The van der Waals surface area contributed by atoms with Crippen LogP contribution in [0.25, 0.3) is 0 Å². The zero-order valence-corrected chi connectivity index (χ0v) is 15.4. The summed E-state index contributed by atoms with van der Waals surface area (Å²) in [5, 5.41) is 6.40. The highest BCUT2D eigenvalue weighted by molar-refractivity contribution is 5.92. The van der Waals surface area contributed by atoms with E-state index in [1.54, 1.807) is 12.4 Å². The van der Waals surface area contributed by atoms with E-state index in [0.717, 1.165) is 24.1 Å². The van der Waals surface area contributed by atoms with Crippen molar-refractivity contribution in [2.45, 2.75) is 25.8 Å². The summed E-state index contributed by atoms with van der Waals surface area (Å²) in [6, 6.07) is 19.0. The quantitative estimate of drug-likeness (QED) is 0.747. The maximum absolute atomic E-state index is 12.5. The van der Waals surface area contributed by atoms with E-state index in [1.165, 1.54) is 22.3 Å². The van der Waals surface area contributed by atoms with Gasteiger partial charge in [0.15, 0.2) is 0 Å². The number of hydrogen-bond acceptors (Lipinski definition) is 3. The molecule has 1 aliphatic carbocycles. The standard InChI is InChI=1S/C23H23N3O/c1-16-12-19(14-24-13-16)26-22(27)15-25-23-20-8-4-2-6-17(20)10-11-18-7-3-5-9-21(18)23/h2-9,12-14,23,25H,10-11,15H2,1H3,(H,26,27). The first-order chi connectivity index (χ1) is 13.2. The predicted octanol–water partition coefficient (Wildman–Crippen LogP) is 3.81. The zero-order valence-electron chi connectivity index (χ0n) is 15.4. The summed E-state index contributed by atoms with van der Waals surface area (Å²) in [4.78, 5) is 16.6. The molecule has 0 bridgehead atoms. The van der Waals surface area contributed by atoms with Gasteiger partial charge in [-0.3, -0.25) is 15.1 Å². The molecule has 0 saturated heterocycles. The van der Waals surface area contributed by atoms with Crippen molar-refractivity contribution in [2.24, 2.45) is 0 Å². The number of fused-ring (bicyclic) bond motifs is 2. The maximum atomic E-state index is 12.5. The molecule has 2 N–H and O–H groups in total. The van der Waals surface area contributed by atoms with Crippen molar-refractivity contribution in [2.75, 3.05) is 11.9 Å². The van der Waals surface area contributed by atoms with Crippen LogP contribution in [0.1, 0.15) is 33.9 Å². The molecule has 1 aromatic heterocycles. The SMILES string of the molecule is Cc1cncc(NC(=O)CNC2c3ccccc3CCc3ccccc32)c1. The van der Waals surface area contributed by atoms with E-state index in [-0.39, 0.29) is 18.5 Å². The second-order valence-corrected chi connectivity index (χ2v) is 7.01. The highest BCUT2D eigenvalue weighted by Crippen LogP contribution is 2.32. The Balaban J connectivity index is 1.55. The number of aromatic nitrogens is 1. The molecule has 27 heavy (non-hydrogen) atoms. The van der Waals surface area contributed by atoms with Crippen molar-refractivity contribution >= 4 is 11.6 Å². The fourth-order valence-electron chi connectivity index (χ4n) is 3.77. The maximum Gasteiger partial charge on any atom is 0.238 e. The lowest BCUT2D eigenvalue weighted by Crippen LogP contribution is -2.32. The molecule has 1 heterocycles. The first-order valence-corrected chi connectivity index (χ1v) is 9.31. The molecule has 4 nitrogen and oxygen atoms in total. The van der Waals surface area contributed by atoms with Gasteiger partial charge in [0, 0.05) is 6.20 Å². The van der Waals surface area contributed by atoms with Crippen LogP contribution in [0.2, 0.25) is 0 Å². The Hall–Kier alpha value is -2.98. The highest BCUT2D eigenvalue weighted by Gasteiger charge is 2.23. The number of benzene rings is 2. The Bertz CT molecular complexity index is 920. The number of carbonyl (C=O) groups is 1. The molecular weight excluding hydrogens is 334 g/mol. The highest BCUT2D eigenvalue weighted by atomic mass is 16.1. The van der Waals surface area contributed by atoms with Gasteiger partial charge >= 0.3 is 0 Å². The summed E-state index contributed by atoms with van der Waals surface area (Å²) < 4.78 is 0. The fourth-order valence-corrected chi connectivity index (χ4v) is 3.77. The van der Waals surface area contributed by atoms with Crippen LogP contribution >= 0.6 is 0 Å². The van der Waals surface area contributed by atoms with Crippen molar-refractivity contribution in [3.05, 3.63) is 94.8 Å². The largest absolute Gasteiger partial charge is 0.324 e. The molecule has 0 fully saturated rings. The van der Waals surface area contributed by atoms with Crippen LogP contribution < -0.4 is 10.6 Å². The molecule has 4 heteroatoms. The number of nitrogens with zero attached hydrogens (tertiary/aromatic N) is 1. The Labute approximate surface area is 159 Å². The van der Waals surface area contributed by atoms with E-state index in [4.69, 9.17) is 0 Å². The van der Waals surface area contributed by atoms with Gasteiger partial charge in [-0.15, -0.1) is 0 Å². The van der Waals surface area contributed by atoms with Crippen LogP contribution in [0.3, 0.4) is 0 Å². The second-order valence-electron chi connectivity index (χ2n) is 7.01. The van der Waals surface area contributed by atoms with Crippen LogP contribution in [0, 0.1) is 6.92 Å². The molecule has 1 amide bonds. The summed E-state index contributed by atoms with van der Waals surface area (Å²) in [5.41, 5.74) is 6.94. The van der Waals surface area contributed by atoms with Crippen molar-refractivity contribution in [3.63, 3.8) is 0 Å². The lowest BCUT2D eigenvalue weighted by Gasteiger charge is -2.21. The fraction of sp³-hybridized carbons (Fsp3) is 0.217. The number of amides is 1. The van der Waals surface area contributed by atoms with E-state index in [1.807, 2.05) is 13.0 Å². The number of aryl methyl sites for hydroxylation is 3. The van der Waals surface area contributed by atoms with Crippen LogP contribution in [0.4, 0.5) is 5.69 Å². The van der Waals surface area contributed by atoms with Gasteiger partial charge in [-0.25, -0.2) is 0 Å². The molecule has 0 radical (unpaired) electrons. The molecule has 0 unspecified atom stereocenters. The second kappa shape index (κ2) is 7.72. The van der Waals surface area contributed by atoms with Gasteiger partial charge in [-0.05, 0) is 53.6 Å². The molecule has 4 rings (SSSR count). The van der Waals surface area contributed by atoms with Crippen molar-refractivity contribution in [1.82, 2.24) is 10.3 Å². The Kier molecular flexibility index (Phi) is 4.99. The van der Waals surface area contributed by atoms with E-state index >= 15 is 0 Å². The van der Waals surface area contributed by atoms with Gasteiger partial charge in [0.05, 0.1) is 24.5 Å². The first kappa shape index (κ1) is 17.4. The topological polar surface area (TPSA) is 54.0 Å². The molecule has 0 aliphatic heterocycles. The molecular formula is C23H23N3O. The van der Waals surface area contributed by atoms with Crippen LogP contribution in [-0.2, 0) is 17.6 Å². The van der Waals surface area contributed by atoms with Crippen LogP contribution in [0.5, 0.6) is 0 Å². The Morgan fingerprint density at radius 1 is 1.00 bits per heavy atom. The normalized spacial score (nSPS) is 13.4. The molecule has 0 atom stereocenters. The third-order valence-electron chi connectivity index (χ3n) is 5.02. The van der Waals surface area contributed by atoms with Gasteiger partial charge in [0.1, 0.15) is 0 Å². The van der Waals surface area contributed by atoms with Crippen molar-refractivity contribution < 1.29 is 4.79 Å². The van der Waals surface area contributed by atoms with Crippen LogP contribution in [-0.4, -0.2) is 17.4 Å². The summed E-state index contributed by atoms with van der Waals surface area (Å²) >= 11 is 0. The number of anilines is 1. The summed E-state index contributed by atoms with van der Waals surface area (Å²) in [6.07, 6.45) is 5.48. The van der Waals surface area contributed by atoms with Crippen LogP contribution in [0.15, 0.2) is 67.0 Å². The van der Waals surface area contributed by atoms with Gasteiger partial charge in [0.2, 0.25) is 5.91 Å².